The molecule has 8 nitrogen and oxygen atoms in total. The number of nitrogens with two attached hydrogens (primary N) is 1. The number of rotatable bonds is 9. The standard InChI is InChI=1S/C23H25N3O5S/c1-3-30-22-13-19(8-11-21(22)31-15-17-5-4-12-25-14-17)23(27)26-16(2)18-6-9-20(10-7-18)32(24,28)29/h4-14,16H,3,15H2,1-2H3,(H,26,27)(H2,24,28,29). The van der Waals surface area contributed by atoms with Gasteiger partial charge in [0, 0.05) is 23.5 Å². The maximum Gasteiger partial charge on any atom is 0.251 e. The number of carbonyl (C=O) groups excluding carboxylic acids is 1. The lowest BCUT2D eigenvalue weighted by Crippen LogP contribution is -2.26. The normalized spacial score (nSPS) is 12.1. The van der Waals surface area contributed by atoms with Crippen molar-refractivity contribution >= 4 is 15.9 Å². The van der Waals surface area contributed by atoms with Gasteiger partial charge in [0.15, 0.2) is 11.5 Å². The molecule has 1 heterocycles. The summed E-state index contributed by atoms with van der Waals surface area (Å²) >= 11 is 0. The highest BCUT2D eigenvalue weighted by atomic mass is 32.2. The van der Waals surface area contributed by atoms with Gasteiger partial charge < -0.3 is 14.8 Å². The second-order valence-corrected chi connectivity index (χ2v) is 8.62. The van der Waals surface area contributed by atoms with E-state index in [9.17, 15) is 13.2 Å². The average Bonchev–Trinajstić information content (AvgIpc) is 2.78. The number of nitrogens with zero attached hydrogens (tertiary/aromatic N) is 1. The Kier molecular flexibility index (Phi) is 7.45. The minimum Gasteiger partial charge on any atom is -0.490 e. The molecule has 0 aliphatic rings. The third-order valence-corrected chi connectivity index (χ3v) is 5.61. The van der Waals surface area contributed by atoms with Crippen molar-refractivity contribution in [1.29, 1.82) is 0 Å². The largest absolute Gasteiger partial charge is 0.490 e. The van der Waals surface area contributed by atoms with Crippen molar-refractivity contribution < 1.29 is 22.7 Å². The summed E-state index contributed by atoms with van der Waals surface area (Å²) in [5, 5.41) is 8.02. The number of amides is 1. The van der Waals surface area contributed by atoms with Gasteiger partial charge in [-0.05, 0) is 55.8 Å². The number of aromatic nitrogens is 1. The van der Waals surface area contributed by atoms with Crippen LogP contribution in [0.4, 0.5) is 0 Å². The van der Waals surface area contributed by atoms with Gasteiger partial charge in [0.05, 0.1) is 17.5 Å². The Balaban J connectivity index is 1.70. The van der Waals surface area contributed by atoms with Gasteiger partial charge in [-0.15, -0.1) is 0 Å². The molecule has 168 valence electrons. The lowest BCUT2D eigenvalue weighted by molar-refractivity contribution is 0.0939. The number of pyridine rings is 1. The Bertz CT molecular complexity index is 1170. The first kappa shape index (κ1) is 23.2. The van der Waals surface area contributed by atoms with Crippen molar-refractivity contribution in [3.8, 4) is 11.5 Å². The molecule has 0 saturated heterocycles. The number of benzene rings is 2. The van der Waals surface area contributed by atoms with E-state index in [0.29, 0.717) is 30.3 Å². The van der Waals surface area contributed by atoms with Crippen LogP contribution in [-0.4, -0.2) is 25.9 Å². The fourth-order valence-corrected chi connectivity index (χ4v) is 3.51. The van der Waals surface area contributed by atoms with E-state index >= 15 is 0 Å². The van der Waals surface area contributed by atoms with Crippen LogP contribution >= 0.6 is 0 Å². The molecule has 1 atom stereocenters. The number of sulfonamides is 1. The maximum absolute atomic E-state index is 12.8. The molecule has 0 spiro atoms. The van der Waals surface area contributed by atoms with Crippen LogP contribution in [0.3, 0.4) is 0 Å². The molecule has 3 N–H and O–H groups in total. The van der Waals surface area contributed by atoms with Gasteiger partial charge in [-0.3, -0.25) is 9.78 Å². The predicted octanol–water partition coefficient (Wildman–Crippen LogP) is 3.20. The molecule has 1 amide bonds. The van der Waals surface area contributed by atoms with Crippen LogP contribution in [0.2, 0.25) is 0 Å². The number of hydrogen-bond donors (Lipinski definition) is 2. The first-order valence-electron chi connectivity index (χ1n) is 10.00. The second kappa shape index (κ2) is 10.3. The van der Waals surface area contributed by atoms with E-state index < -0.39 is 10.0 Å². The van der Waals surface area contributed by atoms with Gasteiger partial charge in [0.25, 0.3) is 5.91 Å². The Hall–Kier alpha value is -3.43. The van der Waals surface area contributed by atoms with Crippen LogP contribution in [0.5, 0.6) is 11.5 Å². The Morgan fingerprint density at radius 2 is 1.84 bits per heavy atom. The smallest absolute Gasteiger partial charge is 0.251 e. The zero-order valence-electron chi connectivity index (χ0n) is 17.8. The molecule has 1 aromatic heterocycles. The molecule has 0 radical (unpaired) electrons. The highest BCUT2D eigenvalue weighted by Crippen LogP contribution is 2.29. The lowest BCUT2D eigenvalue weighted by atomic mass is 10.1. The zero-order chi connectivity index (χ0) is 23.1. The van der Waals surface area contributed by atoms with E-state index in [-0.39, 0.29) is 16.8 Å². The highest BCUT2D eigenvalue weighted by Gasteiger charge is 2.16. The summed E-state index contributed by atoms with van der Waals surface area (Å²) in [5.41, 5.74) is 2.07. The molecular formula is C23H25N3O5S. The van der Waals surface area contributed by atoms with E-state index in [1.807, 2.05) is 19.1 Å². The molecule has 0 aliphatic heterocycles. The van der Waals surface area contributed by atoms with E-state index in [1.165, 1.54) is 12.1 Å². The minimum atomic E-state index is -3.76. The van der Waals surface area contributed by atoms with Crippen molar-refractivity contribution in [1.82, 2.24) is 10.3 Å². The van der Waals surface area contributed by atoms with Crippen molar-refractivity contribution in [2.75, 3.05) is 6.61 Å². The van der Waals surface area contributed by atoms with E-state index in [2.05, 4.69) is 10.3 Å². The van der Waals surface area contributed by atoms with E-state index in [0.717, 1.165) is 11.1 Å². The number of hydrogen-bond acceptors (Lipinski definition) is 6. The zero-order valence-corrected chi connectivity index (χ0v) is 18.6. The molecule has 2 aromatic carbocycles. The van der Waals surface area contributed by atoms with E-state index in [4.69, 9.17) is 14.6 Å². The molecule has 9 heteroatoms. The summed E-state index contributed by atoms with van der Waals surface area (Å²) < 4.78 is 34.3. The summed E-state index contributed by atoms with van der Waals surface area (Å²) in [6, 6.07) is 14.4. The molecular weight excluding hydrogens is 430 g/mol. The first-order valence-corrected chi connectivity index (χ1v) is 11.5. The third kappa shape index (κ3) is 6.05. The van der Waals surface area contributed by atoms with Gasteiger partial charge >= 0.3 is 0 Å². The average molecular weight is 456 g/mol. The van der Waals surface area contributed by atoms with Crippen LogP contribution in [-0.2, 0) is 16.6 Å². The highest BCUT2D eigenvalue weighted by molar-refractivity contribution is 7.89. The summed E-state index contributed by atoms with van der Waals surface area (Å²) in [7, 11) is -3.76. The maximum atomic E-state index is 12.8. The molecule has 32 heavy (non-hydrogen) atoms. The quantitative estimate of drug-likeness (QED) is 0.511. The molecule has 1 unspecified atom stereocenters. The van der Waals surface area contributed by atoms with Crippen LogP contribution in [0.25, 0.3) is 0 Å². The predicted molar refractivity (Wildman–Crippen MR) is 120 cm³/mol. The van der Waals surface area contributed by atoms with Gasteiger partial charge in [-0.1, -0.05) is 18.2 Å². The molecule has 0 saturated carbocycles. The van der Waals surface area contributed by atoms with Crippen LogP contribution < -0.4 is 19.9 Å². The van der Waals surface area contributed by atoms with Gasteiger partial charge in [-0.25, -0.2) is 13.6 Å². The van der Waals surface area contributed by atoms with Crippen LogP contribution in [0, 0.1) is 0 Å². The third-order valence-electron chi connectivity index (χ3n) is 4.68. The van der Waals surface area contributed by atoms with E-state index in [1.54, 1.807) is 49.6 Å². The minimum absolute atomic E-state index is 0.0167. The van der Waals surface area contributed by atoms with Crippen LogP contribution in [0.15, 0.2) is 71.9 Å². The molecule has 3 rings (SSSR count). The Morgan fingerprint density at radius 1 is 1.09 bits per heavy atom. The molecule has 3 aromatic rings. The van der Waals surface area contributed by atoms with Gasteiger partial charge in [0.1, 0.15) is 6.61 Å². The number of primary sulfonamides is 1. The molecule has 0 fully saturated rings. The number of nitrogens with one attached hydrogen (secondary N) is 1. The van der Waals surface area contributed by atoms with Gasteiger partial charge in [-0.2, -0.15) is 0 Å². The van der Waals surface area contributed by atoms with Crippen LogP contribution in [0.1, 0.15) is 41.4 Å². The lowest BCUT2D eigenvalue weighted by Gasteiger charge is -2.16. The number of ether oxygens (including phenoxy) is 2. The summed E-state index contributed by atoms with van der Waals surface area (Å²) in [5.74, 6) is 0.695. The summed E-state index contributed by atoms with van der Waals surface area (Å²) in [4.78, 5) is 16.8. The fraction of sp³-hybridized carbons (Fsp3) is 0.217. The Labute approximate surface area is 187 Å². The first-order chi connectivity index (χ1) is 15.3. The summed E-state index contributed by atoms with van der Waals surface area (Å²) in [6.45, 7) is 4.40. The van der Waals surface area contributed by atoms with Crippen molar-refractivity contribution in [2.45, 2.75) is 31.4 Å². The topological polar surface area (TPSA) is 121 Å². The Morgan fingerprint density at radius 3 is 2.47 bits per heavy atom. The van der Waals surface area contributed by atoms with Gasteiger partial charge in [0.2, 0.25) is 10.0 Å². The van der Waals surface area contributed by atoms with Crippen molar-refractivity contribution in [3.63, 3.8) is 0 Å². The molecule has 0 bridgehead atoms. The molecule has 0 aliphatic carbocycles. The monoisotopic (exact) mass is 455 g/mol. The van der Waals surface area contributed by atoms with Crippen molar-refractivity contribution in [2.24, 2.45) is 5.14 Å². The summed E-state index contributed by atoms with van der Waals surface area (Å²) in [6.07, 6.45) is 3.41. The SMILES string of the molecule is CCOc1cc(C(=O)NC(C)c2ccc(S(N)(=O)=O)cc2)ccc1OCc1cccnc1. The number of carbonyl (C=O) groups is 1. The second-order valence-electron chi connectivity index (χ2n) is 7.05. The van der Waals surface area contributed by atoms with Crippen molar-refractivity contribution in [3.05, 3.63) is 83.7 Å². The fourth-order valence-electron chi connectivity index (χ4n) is 2.99.